The van der Waals surface area contributed by atoms with E-state index >= 15 is 0 Å². The lowest BCUT2D eigenvalue weighted by molar-refractivity contribution is -0.136. The highest BCUT2D eigenvalue weighted by molar-refractivity contribution is 7.85. The molecule has 0 amide bonds. The Morgan fingerprint density at radius 3 is 1.85 bits per heavy atom. The third-order valence-electron chi connectivity index (χ3n) is 0.707. The van der Waals surface area contributed by atoms with Crippen molar-refractivity contribution in [3.8, 4) is 0 Å². The Morgan fingerprint density at radius 1 is 1.38 bits per heavy atom. The van der Waals surface area contributed by atoms with Gasteiger partial charge in [-0.3, -0.25) is 9.35 Å². The van der Waals surface area contributed by atoms with Gasteiger partial charge >= 0.3 is 5.97 Å². The van der Waals surface area contributed by atoms with E-state index in [0.717, 1.165) is 0 Å². The predicted molar refractivity (Wildman–Crippen MR) is 44.8 cm³/mol. The first-order valence-electron chi connectivity index (χ1n) is 3.31. The third kappa shape index (κ3) is 24.6. The van der Waals surface area contributed by atoms with Gasteiger partial charge in [-0.05, 0) is 0 Å². The summed E-state index contributed by atoms with van der Waals surface area (Å²) in [6, 6.07) is 0. The van der Waals surface area contributed by atoms with Crippen LogP contribution in [0.2, 0.25) is 0 Å². The SMILES string of the molecule is NCCC(=O)O.O=S(=O)(O)CCO. The highest BCUT2D eigenvalue weighted by Gasteiger charge is 1.99. The number of carboxylic acids is 1. The molecule has 0 fully saturated rings. The molecule has 7 nitrogen and oxygen atoms in total. The van der Waals surface area contributed by atoms with Crippen molar-refractivity contribution >= 4 is 16.1 Å². The molecule has 0 aliphatic rings. The molecule has 13 heavy (non-hydrogen) atoms. The minimum absolute atomic E-state index is 0.0694. The van der Waals surface area contributed by atoms with Crippen molar-refractivity contribution in [1.82, 2.24) is 0 Å². The van der Waals surface area contributed by atoms with Gasteiger partial charge in [-0.1, -0.05) is 0 Å². The number of aliphatic hydroxyl groups excluding tert-OH is 1. The molecule has 0 heterocycles. The van der Waals surface area contributed by atoms with Gasteiger partial charge in [0.25, 0.3) is 10.1 Å². The monoisotopic (exact) mass is 215 g/mol. The van der Waals surface area contributed by atoms with E-state index in [2.05, 4.69) is 0 Å². The zero-order valence-corrected chi connectivity index (χ0v) is 7.70. The van der Waals surface area contributed by atoms with Crippen LogP contribution in [0.15, 0.2) is 0 Å². The summed E-state index contributed by atoms with van der Waals surface area (Å²) < 4.78 is 27.1. The molecule has 0 spiro atoms. The molecule has 0 saturated heterocycles. The summed E-state index contributed by atoms with van der Waals surface area (Å²) in [5.74, 6) is -1.41. The van der Waals surface area contributed by atoms with Crippen LogP contribution in [0.5, 0.6) is 0 Å². The summed E-state index contributed by atoms with van der Waals surface area (Å²) in [5.41, 5.74) is 4.85. The van der Waals surface area contributed by atoms with Gasteiger partial charge in [0.2, 0.25) is 0 Å². The summed E-state index contributed by atoms with van der Waals surface area (Å²) in [4.78, 5) is 9.52. The lowest BCUT2D eigenvalue weighted by atomic mass is 10.5. The number of nitrogens with two attached hydrogens (primary N) is 1. The van der Waals surface area contributed by atoms with Crippen molar-refractivity contribution in [3.05, 3.63) is 0 Å². The quantitative estimate of drug-likeness (QED) is 0.409. The highest BCUT2D eigenvalue weighted by Crippen LogP contribution is 1.76. The van der Waals surface area contributed by atoms with Gasteiger partial charge in [0, 0.05) is 6.54 Å². The lowest BCUT2D eigenvalue weighted by Gasteiger charge is -1.85. The number of hydrogen-bond donors (Lipinski definition) is 4. The van der Waals surface area contributed by atoms with E-state index in [0.29, 0.717) is 0 Å². The fraction of sp³-hybridized carbons (Fsp3) is 0.800. The summed E-state index contributed by atoms with van der Waals surface area (Å²) in [5, 5.41) is 15.7. The van der Waals surface area contributed by atoms with Gasteiger partial charge in [0.15, 0.2) is 0 Å². The number of hydrogen-bond acceptors (Lipinski definition) is 5. The molecule has 0 rings (SSSR count). The van der Waals surface area contributed by atoms with E-state index in [1.165, 1.54) is 0 Å². The second-order valence-corrected chi connectivity index (χ2v) is 3.51. The van der Waals surface area contributed by atoms with Crippen LogP contribution in [0.1, 0.15) is 6.42 Å². The Kier molecular flexibility index (Phi) is 9.02. The fourth-order valence-corrected chi connectivity index (χ4v) is 0.470. The molecule has 0 unspecified atom stereocenters. The first kappa shape index (κ1) is 14.8. The number of carbonyl (C=O) groups is 1. The van der Waals surface area contributed by atoms with Gasteiger partial charge in [-0.15, -0.1) is 0 Å². The molecular formula is C5H13NO6S. The molecule has 0 aliphatic heterocycles. The van der Waals surface area contributed by atoms with Crippen molar-refractivity contribution in [2.24, 2.45) is 5.73 Å². The van der Waals surface area contributed by atoms with E-state index in [9.17, 15) is 13.2 Å². The van der Waals surface area contributed by atoms with E-state index in [4.69, 9.17) is 20.5 Å². The van der Waals surface area contributed by atoms with Crippen molar-refractivity contribution in [2.75, 3.05) is 18.9 Å². The summed E-state index contributed by atoms with van der Waals surface area (Å²) in [7, 11) is -3.92. The molecule has 0 aliphatic carbocycles. The van der Waals surface area contributed by atoms with Crippen LogP contribution >= 0.6 is 0 Å². The minimum Gasteiger partial charge on any atom is -0.481 e. The van der Waals surface area contributed by atoms with Crippen molar-refractivity contribution in [2.45, 2.75) is 6.42 Å². The Balaban J connectivity index is 0. The van der Waals surface area contributed by atoms with Crippen LogP contribution in [0.4, 0.5) is 0 Å². The molecule has 0 aromatic rings. The van der Waals surface area contributed by atoms with Crippen LogP contribution in [0.25, 0.3) is 0 Å². The lowest BCUT2D eigenvalue weighted by Crippen LogP contribution is -2.06. The van der Waals surface area contributed by atoms with Gasteiger partial charge in [-0.2, -0.15) is 8.42 Å². The molecule has 0 aromatic carbocycles. The molecule has 0 atom stereocenters. The summed E-state index contributed by atoms with van der Waals surface area (Å²) >= 11 is 0. The average Bonchev–Trinajstić information content (AvgIpc) is 1.84. The molecule has 0 aromatic heterocycles. The predicted octanol–water partition coefficient (Wildman–Crippen LogP) is -1.71. The Hall–Kier alpha value is -0.700. The van der Waals surface area contributed by atoms with Crippen molar-refractivity contribution in [1.29, 1.82) is 0 Å². The molecule has 0 radical (unpaired) electrons. The largest absolute Gasteiger partial charge is 0.481 e. The molecule has 80 valence electrons. The van der Waals surface area contributed by atoms with Crippen LogP contribution in [0.3, 0.4) is 0 Å². The smallest absolute Gasteiger partial charge is 0.304 e. The topological polar surface area (TPSA) is 138 Å². The molecule has 8 heteroatoms. The third-order valence-corrected chi connectivity index (χ3v) is 1.41. The van der Waals surface area contributed by atoms with Gasteiger partial charge in [0.1, 0.15) is 0 Å². The zero-order chi connectivity index (χ0) is 10.9. The number of aliphatic carboxylic acids is 1. The second kappa shape index (κ2) is 7.92. The Labute approximate surface area is 75.9 Å². The zero-order valence-electron chi connectivity index (χ0n) is 6.88. The van der Waals surface area contributed by atoms with Crippen LogP contribution in [-0.2, 0) is 14.9 Å². The van der Waals surface area contributed by atoms with Gasteiger partial charge in [0.05, 0.1) is 18.8 Å². The summed E-state index contributed by atoms with van der Waals surface area (Å²) in [6.07, 6.45) is 0.0694. The summed E-state index contributed by atoms with van der Waals surface area (Å²) in [6.45, 7) is -0.297. The first-order chi connectivity index (χ1) is 5.83. The number of rotatable bonds is 4. The van der Waals surface area contributed by atoms with E-state index < -0.39 is 28.4 Å². The normalized spacial score (nSPS) is 10.1. The fourth-order valence-electron chi connectivity index (χ4n) is 0.239. The standard InChI is InChI=1S/C3H7NO2.C2H6O4S/c4-2-1-3(5)6;3-1-2-7(4,5)6/h1-2,4H2,(H,5,6);3H,1-2H2,(H,4,5,6). The van der Waals surface area contributed by atoms with Crippen LogP contribution in [0, 0.1) is 0 Å². The maximum absolute atomic E-state index is 9.63. The van der Waals surface area contributed by atoms with E-state index in [1.54, 1.807) is 0 Å². The molecule has 0 bridgehead atoms. The maximum Gasteiger partial charge on any atom is 0.304 e. The van der Waals surface area contributed by atoms with Crippen molar-refractivity contribution < 1.29 is 28.0 Å². The Bertz CT molecular complexity index is 223. The first-order valence-corrected chi connectivity index (χ1v) is 4.92. The second-order valence-electron chi connectivity index (χ2n) is 1.94. The number of carboxylic acid groups (broad SMARTS) is 1. The highest BCUT2D eigenvalue weighted by atomic mass is 32.2. The van der Waals surface area contributed by atoms with E-state index in [-0.39, 0.29) is 13.0 Å². The van der Waals surface area contributed by atoms with Gasteiger partial charge < -0.3 is 15.9 Å². The number of aliphatic hydroxyl groups is 1. The van der Waals surface area contributed by atoms with E-state index in [1.807, 2.05) is 0 Å². The molecular weight excluding hydrogens is 202 g/mol. The average molecular weight is 215 g/mol. The minimum atomic E-state index is -3.92. The van der Waals surface area contributed by atoms with Crippen LogP contribution < -0.4 is 5.73 Å². The molecule has 5 N–H and O–H groups in total. The van der Waals surface area contributed by atoms with Crippen LogP contribution in [-0.4, -0.2) is 48.1 Å². The Morgan fingerprint density at radius 2 is 1.85 bits per heavy atom. The van der Waals surface area contributed by atoms with Gasteiger partial charge in [-0.25, -0.2) is 0 Å². The molecule has 0 saturated carbocycles. The maximum atomic E-state index is 9.63. The van der Waals surface area contributed by atoms with Crippen molar-refractivity contribution in [3.63, 3.8) is 0 Å².